The van der Waals surface area contributed by atoms with Crippen molar-refractivity contribution in [1.82, 2.24) is 5.32 Å². The molecule has 1 aliphatic heterocycles. The lowest BCUT2D eigenvalue weighted by Crippen LogP contribution is -2.50. The number of carbonyl (C=O) groups excluding carboxylic acids is 1. The van der Waals surface area contributed by atoms with Crippen LogP contribution in [0.5, 0.6) is 0 Å². The number of hydrogen-bond donors (Lipinski definition) is 1. The van der Waals surface area contributed by atoms with Gasteiger partial charge in [0.25, 0.3) is 0 Å². The van der Waals surface area contributed by atoms with Crippen LogP contribution in [0.2, 0.25) is 5.02 Å². The number of benzene rings is 1. The van der Waals surface area contributed by atoms with E-state index < -0.39 is 36.0 Å². The number of nitrogens with one attached hydrogen (secondary N) is 1. The highest BCUT2D eigenvalue weighted by Gasteiger charge is 2.48. The molecule has 1 atom stereocenters. The van der Waals surface area contributed by atoms with Gasteiger partial charge in [0.1, 0.15) is 11.9 Å². The molecule has 18 heavy (non-hydrogen) atoms. The highest BCUT2D eigenvalue weighted by molar-refractivity contribution is 6.31. The molecule has 3 nitrogen and oxygen atoms in total. The molecular formula is C11H9ClF3NO2. The van der Waals surface area contributed by atoms with Crippen LogP contribution in [-0.2, 0) is 4.74 Å². The summed E-state index contributed by atoms with van der Waals surface area (Å²) in [5.74, 6) is -4.28. The molecule has 0 spiro atoms. The first-order valence-corrected chi connectivity index (χ1v) is 5.46. The zero-order valence-electron chi connectivity index (χ0n) is 9.27. The molecule has 2 rings (SSSR count). The summed E-state index contributed by atoms with van der Waals surface area (Å²) in [4.78, 5) is 11.0. The van der Waals surface area contributed by atoms with E-state index in [-0.39, 0.29) is 10.6 Å². The van der Waals surface area contributed by atoms with Gasteiger partial charge in [0, 0.05) is 10.6 Å². The minimum atomic E-state index is -3.42. The summed E-state index contributed by atoms with van der Waals surface area (Å²) < 4.78 is 45.4. The van der Waals surface area contributed by atoms with Crippen molar-refractivity contribution in [3.8, 4) is 0 Å². The second-order valence-electron chi connectivity index (χ2n) is 4.01. The number of alkyl carbamates (subject to hydrolysis) is 1. The van der Waals surface area contributed by atoms with Gasteiger partial charge in [0.05, 0.1) is 0 Å². The molecule has 1 aromatic carbocycles. The maximum absolute atomic E-state index is 13.9. The largest absolute Gasteiger partial charge is 0.443 e. The standard InChI is InChI=1S/C11H9ClF3NO2/c1-5-2-3-6(12)7(8(5)13)9-11(14,15)4-18-10(17)16-9/h2-3,9H,4H2,1H3,(H,16,17)/t9-/m0/s1. The molecule has 1 saturated heterocycles. The molecule has 1 amide bonds. The Bertz CT molecular complexity index is 507. The first kappa shape index (κ1) is 13.0. The van der Waals surface area contributed by atoms with Crippen molar-refractivity contribution in [1.29, 1.82) is 0 Å². The van der Waals surface area contributed by atoms with Gasteiger partial charge in [-0.1, -0.05) is 17.7 Å². The number of carbonyl (C=O) groups is 1. The van der Waals surface area contributed by atoms with Crippen molar-refractivity contribution in [3.05, 3.63) is 34.1 Å². The topological polar surface area (TPSA) is 38.3 Å². The predicted molar refractivity (Wildman–Crippen MR) is 58.3 cm³/mol. The van der Waals surface area contributed by atoms with Gasteiger partial charge >= 0.3 is 12.0 Å². The Morgan fingerprint density at radius 3 is 2.83 bits per heavy atom. The zero-order chi connectivity index (χ0) is 13.5. The van der Waals surface area contributed by atoms with Crippen LogP contribution in [0.25, 0.3) is 0 Å². The summed E-state index contributed by atoms with van der Waals surface area (Å²) in [5.41, 5.74) is -0.246. The molecule has 1 N–H and O–H groups in total. The predicted octanol–water partition coefficient (Wildman–Crippen LogP) is 3.20. The summed E-state index contributed by atoms with van der Waals surface area (Å²) in [6.07, 6.45) is -1.03. The number of aryl methyl sites for hydroxylation is 1. The Morgan fingerprint density at radius 1 is 1.50 bits per heavy atom. The highest BCUT2D eigenvalue weighted by atomic mass is 35.5. The van der Waals surface area contributed by atoms with Crippen LogP contribution in [0.15, 0.2) is 12.1 Å². The van der Waals surface area contributed by atoms with Gasteiger partial charge in [-0.2, -0.15) is 0 Å². The Balaban J connectivity index is 2.52. The van der Waals surface area contributed by atoms with Crippen LogP contribution in [0, 0.1) is 12.7 Å². The monoisotopic (exact) mass is 279 g/mol. The second-order valence-corrected chi connectivity index (χ2v) is 4.41. The molecule has 7 heteroatoms. The highest BCUT2D eigenvalue weighted by Crippen LogP contribution is 2.39. The molecule has 0 radical (unpaired) electrons. The Hall–Kier alpha value is -1.43. The first-order chi connectivity index (χ1) is 8.33. The molecule has 0 aliphatic carbocycles. The maximum Gasteiger partial charge on any atom is 0.408 e. The van der Waals surface area contributed by atoms with Gasteiger partial charge in [0.15, 0.2) is 6.61 Å². The fraction of sp³-hybridized carbons (Fsp3) is 0.364. The number of cyclic esters (lactones) is 1. The molecule has 1 fully saturated rings. The summed E-state index contributed by atoms with van der Waals surface area (Å²) in [6, 6.07) is 0.860. The van der Waals surface area contributed by atoms with E-state index in [0.29, 0.717) is 0 Å². The zero-order valence-corrected chi connectivity index (χ0v) is 10.0. The summed E-state index contributed by atoms with van der Waals surface area (Å²) in [5, 5.41) is 1.73. The number of halogens is 4. The molecule has 0 aromatic heterocycles. The van der Waals surface area contributed by atoms with Gasteiger partial charge in [-0.25, -0.2) is 18.0 Å². The summed E-state index contributed by atoms with van der Waals surface area (Å²) >= 11 is 5.74. The Morgan fingerprint density at radius 2 is 2.17 bits per heavy atom. The molecule has 1 aromatic rings. The minimum Gasteiger partial charge on any atom is -0.443 e. The van der Waals surface area contributed by atoms with Crippen molar-refractivity contribution >= 4 is 17.7 Å². The van der Waals surface area contributed by atoms with Crippen LogP contribution in [0.1, 0.15) is 17.2 Å². The first-order valence-electron chi connectivity index (χ1n) is 5.08. The van der Waals surface area contributed by atoms with Gasteiger partial charge in [0.2, 0.25) is 0 Å². The van der Waals surface area contributed by atoms with E-state index in [0.717, 1.165) is 0 Å². The third kappa shape index (κ3) is 2.12. The SMILES string of the molecule is Cc1ccc(Cl)c([C@@H]2NC(=O)OCC2(F)F)c1F. The Labute approximate surface area is 106 Å². The van der Waals surface area contributed by atoms with Crippen molar-refractivity contribution in [3.63, 3.8) is 0 Å². The van der Waals surface area contributed by atoms with E-state index >= 15 is 0 Å². The van der Waals surface area contributed by atoms with E-state index in [9.17, 15) is 18.0 Å². The molecule has 0 saturated carbocycles. The van der Waals surface area contributed by atoms with Crippen LogP contribution in [-0.4, -0.2) is 18.6 Å². The molecule has 98 valence electrons. The summed E-state index contributed by atoms with van der Waals surface area (Å²) in [7, 11) is 0. The number of alkyl halides is 2. The fourth-order valence-electron chi connectivity index (χ4n) is 1.74. The summed E-state index contributed by atoms with van der Waals surface area (Å²) in [6.45, 7) is 0.321. The van der Waals surface area contributed by atoms with Crippen LogP contribution < -0.4 is 5.32 Å². The Kier molecular flexibility index (Phi) is 3.14. The lowest BCUT2D eigenvalue weighted by atomic mass is 9.97. The quantitative estimate of drug-likeness (QED) is 0.857. The number of hydrogen-bond acceptors (Lipinski definition) is 2. The van der Waals surface area contributed by atoms with Crippen molar-refractivity contribution in [2.75, 3.05) is 6.61 Å². The number of rotatable bonds is 1. The van der Waals surface area contributed by atoms with E-state index in [4.69, 9.17) is 11.6 Å². The average molecular weight is 280 g/mol. The lowest BCUT2D eigenvalue weighted by molar-refractivity contribution is -0.104. The number of ether oxygens (including phenoxy) is 1. The third-order valence-corrected chi connectivity index (χ3v) is 3.02. The minimum absolute atomic E-state index is 0.162. The van der Waals surface area contributed by atoms with Crippen molar-refractivity contribution < 1.29 is 22.7 Å². The second kappa shape index (κ2) is 4.35. The van der Waals surface area contributed by atoms with Crippen LogP contribution >= 0.6 is 11.6 Å². The normalized spacial score (nSPS) is 22.3. The lowest BCUT2D eigenvalue weighted by Gasteiger charge is -2.32. The molecule has 0 bridgehead atoms. The average Bonchev–Trinajstić information content (AvgIpc) is 2.29. The van der Waals surface area contributed by atoms with Gasteiger partial charge in [-0.15, -0.1) is 0 Å². The van der Waals surface area contributed by atoms with E-state index in [1.54, 1.807) is 0 Å². The van der Waals surface area contributed by atoms with Gasteiger partial charge in [-0.05, 0) is 18.6 Å². The third-order valence-electron chi connectivity index (χ3n) is 2.69. The van der Waals surface area contributed by atoms with Gasteiger partial charge < -0.3 is 10.1 Å². The van der Waals surface area contributed by atoms with E-state index in [1.165, 1.54) is 19.1 Å². The maximum atomic E-state index is 13.9. The fourth-order valence-corrected chi connectivity index (χ4v) is 1.99. The number of amides is 1. The van der Waals surface area contributed by atoms with Crippen LogP contribution in [0.4, 0.5) is 18.0 Å². The van der Waals surface area contributed by atoms with E-state index in [2.05, 4.69) is 4.74 Å². The van der Waals surface area contributed by atoms with Crippen molar-refractivity contribution in [2.24, 2.45) is 0 Å². The molecule has 0 unspecified atom stereocenters. The smallest absolute Gasteiger partial charge is 0.408 e. The molecular weight excluding hydrogens is 271 g/mol. The van der Waals surface area contributed by atoms with E-state index in [1.807, 2.05) is 5.32 Å². The molecule has 1 heterocycles. The van der Waals surface area contributed by atoms with Gasteiger partial charge in [-0.3, -0.25) is 0 Å². The van der Waals surface area contributed by atoms with Crippen LogP contribution in [0.3, 0.4) is 0 Å². The van der Waals surface area contributed by atoms with Crippen molar-refractivity contribution in [2.45, 2.75) is 18.9 Å². The molecule has 1 aliphatic rings.